The Morgan fingerprint density at radius 3 is 2.16 bits per heavy atom. The fourth-order valence-electron chi connectivity index (χ4n) is 1.86. The maximum absolute atomic E-state index is 12.3. The summed E-state index contributed by atoms with van der Waals surface area (Å²) in [6, 6.07) is -0.516. The molecule has 0 aliphatic heterocycles. The van der Waals surface area contributed by atoms with Crippen molar-refractivity contribution in [1.82, 2.24) is 10.2 Å². The SMILES string of the molecule is CCN(CCO)C(=O)C(NC(=O)CC(C)C)C(C)C. The number of rotatable bonds is 8. The third-order valence-electron chi connectivity index (χ3n) is 2.91. The Hall–Kier alpha value is -1.10. The number of hydrogen-bond acceptors (Lipinski definition) is 3. The molecule has 5 heteroatoms. The molecule has 0 aromatic heterocycles. The number of aliphatic hydroxyl groups excluding tert-OH is 1. The topological polar surface area (TPSA) is 69.6 Å². The summed E-state index contributed by atoms with van der Waals surface area (Å²) in [6.45, 7) is 10.4. The van der Waals surface area contributed by atoms with E-state index in [1.54, 1.807) is 4.90 Å². The van der Waals surface area contributed by atoms with Gasteiger partial charge in [-0.1, -0.05) is 27.7 Å². The molecule has 1 atom stereocenters. The minimum atomic E-state index is -0.516. The number of carbonyl (C=O) groups is 2. The van der Waals surface area contributed by atoms with Crippen LogP contribution < -0.4 is 5.32 Å². The summed E-state index contributed by atoms with van der Waals surface area (Å²) >= 11 is 0. The minimum absolute atomic E-state index is 0.0244. The van der Waals surface area contributed by atoms with E-state index in [0.29, 0.717) is 19.5 Å². The minimum Gasteiger partial charge on any atom is -0.395 e. The summed E-state index contributed by atoms with van der Waals surface area (Å²) in [5.74, 6) is 0.0738. The molecule has 0 radical (unpaired) electrons. The molecule has 0 bridgehead atoms. The number of nitrogens with one attached hydrogen (secondary N) is 1. The summed E-state index contributed by atoms with van der Waals surface area (Å²) in [5, 5.41) is 11.8. The van der Waals surface area contributed by atoms with Gasteiger partial charge in [0.05, 0.1) is 6.61 Å². The quantitative estimate of drug-likeness (QED) is 0.693. The van der Waals surface area contributed by atoms with Crippen molar-refractivity contribution in [3.05, 3.63) is 0 Å². The van der Waals surface area contributed by atoms with Crippen LogP contribution in [-0.4, -0.2) is 47.6 Å². The zero-order chi connectivity index (χ0) is 15.0. The van der Waals surface area contributed by atoms with Crippen molar-refractivity contribution in [2.24, 2.45) is 11.8 Å². The lowest BCUT2D eigenvalue weighted by molar-refractivity contribution is -0.138. The number of amides is 2. The first kappa shape index (κ1) is 17.9. The van der Waals surface area contributed by atoms with Crippen molar-refractivity contribution in [3.63, 3.8) is 0 Å². The third-order valence-corrected chi connectivity index (χ3v) is 2.91. The Kier molecular flexibility index (Phi) is 8.39. The van der Waals surface area contributed by atoms with Gasteiger partial charge in [0.15, 0.2) is 0 Å². The summed E-state index contributed by atoms with van der Waals surface area (Å²) in [6.07, 6.45) is 0.419. The van der Waals surface area contributed by atoms with E-state index in [2.05, 4.69) is 5.32 Å². The van der Waals surface area contributed by atoms with Gasteiger partial charge in [-0.25, -0.2) is 0 Å². The summed E-state index contributed by atoms with van der Waals surface area (Å²) < 4.78 is 0. The molecule has 0 saturated carbocycles. The second-order valence-electron chi connectivity index (χ2n) is 5.53. The van der Waals surface area contributed by atoms with Crippen LogP contribution in [0.5, 0.6) is 0 Å². The lowest BCUT2D eigenvalue weighted by atomic mass is 10.0. The highest BCUT2D eigenvalue weighted by atomic mass is 16.3. The van der Waals surface area contributed by atoms with Crippen molar-refractivity contribution >= 4 is 11.8 Å². The van der Waals surface area contributed by atoms with Gasteiger partial charge in [0.1, 0.15) is 6.04 Å². The molecule has 0 rings (SSSR count). The third kappa shape index (κ3) is 6.57. The van der Waals surface area contributed by atoms with Gasteiger partial charge in [0.25, 0.3) is 0 Å². The van der Waals surface area contributed by atoms with Gasteiger partial charge in [-0.3, -0.25) is 9.59 Å². The van der Waals surface area contributed by atoms with Crippen molar-refractivity contribution in [2.45, 2.75) is 47.1 Å². The maximum atomic E-state index is 12.3. The van der Waals surface area contributed by atoms with E-state index in [0.717, 1.165) is 0 Å². The van der Waals surface area contributed by atoms with Gasteiger partial charge in [-0.15, -0.1) is 0 Å². The molecule has 2 N–H and O–H groups in total. The average Bonchev–Trinajstić information content (AvgIpc) is 2.31. The summed E-state index contributed by atoms with van der Waals surface area (Å²) in [7, 11) is 0. The van der Waals surface area contributed by atoms with Gasteiger partial charge in [0.2, 0.25) is 11.8 Å². The van der Waals surface area contributed by atoms with Crippen LogP contribution >= 0.6 is 0 Å². The first-order chi connectivity index (χ1) is 8.83. The van der Waals surface area contributed by atoms with E-state index in [1.807, 2.05) is 34.6 Å². The van der Waals surface area contributed by atoms with Crippen LogP contribution in [-0.2, 0) is 9.59 Å². The van der Waals surface area contributed by atoms with E-state index < -0.39 is 6.04 Å². The van der Waals surface area contributed by atoms with E-state index in [9.17, 15) is 9.59 Å². The van der Waals surface area contributed by atoms with Crippen LogP contribution in [0.4, 0.5) is 0 Å². The average molecular weight is 272 g/mol. The van der Waals surface area contributed by atoms with Gasteiger partial charge in [-0.2, -0.15) is 0 Å². The lowest BCUT2D eigenvalue weighted by Crippen LogP contribution is -2.52. The van der Waals surface area contributed by atoms with Crippen molar-refractivity contribution in [1.29, 1.82) is 0 Å². The number of aliphatic hydroxyl groups is 1. The Labute approximate surface area is 116 Å². The van der Waals surface area contributed by atoms with E-state index in [4.69, 9.17) is 5.11 Å². The fraction of sp³-hybridized carbons (Fsp3) is 0.857. The molecule has 0 aliphatic rings. The predicted octanol–water partition coefficient (Wildman–Crippen LogP) is 1.01. The van der Waals surface area contributed by atoms with E-state index >= 15 is 0 Å². The zero-order valence-electron chi connectivity index (χ0n) is 12.8. The monoisotopic (exact) mass is 272 g/mol. The van der Waals surface area contributed by atoms with Crippen LogP contribution in [0.3, 0.4) is 0 Å². The molecule has 5 nitrogen and oxygen atoms in total. The van der Waals surface area contributed by atoms with Crippen molar-refractivity contribution in [3.8, 4) is 0 Å². The molecule has 0 aromatic carbocycles. The van der Waals surface area contributed by atoms with Gasteiger partial charge >= 0.3 is 0 Å². The van der Waals surface area contributed by atoms with Crippen LogP contribution in [0, 0.1) is 11.8 Å². The standard InChI is InChI=1S/C14H28N2O3/c1-6-16(7-8-17)14(19)13(11(4)5)15-12(18)9-10(2)3/h10-11,13,17H,6-9H2,1-5H3,(H,15,18). The smallest absolute Gasteiger partial charge is 0.245 e. The molecule has 0 aromatic rings. The van der Waals surface area contributed by atoms with E-state index in [-0.39, 0.29) is 30.3 Å². The second-order valence-corrected chi connectivity index (χ2v) is 5.53. The number of likely N-dealkylation sites (N-methyl/N-ethyl adjacent to an activating group) is 1. The highest BCUT2D eigenvalue weighted by Crippen LogP contribution is 2.08. The summed E-state index contributed by atoms with van der Waals surface area (Å²) in [4.78, 5) is 25.7. The zero-order valence-corrected chi connectivity index (χ0v) is 12.8. The molecule has 19 heavy (non-hydrogen) atoms. The van der Waals surface area contributed by atoms with Gasteiger partial charge in [0, 0.05) is 19.5 Å². The molecule has 112 valence electrons. The maximum Gasteiger partial charge on any atom is 0.245 e. The molecular weight excluding hydrogens is 244 g/mol. The van der Waals surface area contributed by atoms with Gasteiger partial charge < -0.3 is 15.3 Å². The Morgan fingerprint density at radius 1 is 1.21 bits per heavy atom. The summed E-state index contributed by atoms with van der Waals surface area (Å²) in [5.41, 5.74) is 0. The normalized spacial score (nSPS) is 12.6. The first-order valence-corrected chi connectivity index (χ1v) is 7.02. The molecule has 0 fully saturated rings. The van der Waals surface area contributed by atoms with Crippen LogP contribution in [0.25, 0.3) is 0 Å². The van der Waals surface area contributed by atoms with Gasteiger partial charge in [-0.05, 0) is 18.8 Å². The second kappa shape index (κ2) is 8.91. The van der Waals surface area contributed by atoms with Crippen LogP contribution in [0.1, 0.15) is 41.0 Å². The molecule has 0 spiro atoms. The molecule has 0 saturated heterocycles. The Balaban J connectivity index is 4.71. The van der Waals surface area contributed by atoms with Crippen LogP contribution in [0.2, 0.25) is 0 Å². The Bertz CT molecular complexity index is 290. The number of nitrogens with zero attached hydrogens (tertiary/aromatic N) is 1. The van der Waals surface area contributed by atoms with Crippen LogP contribution in [0.15, 0.2) is 0 Å². The molecular formula is C14H28N2O3. The highest BCUT2D eigenvalue weighted by Gasteiger charge is 2.27. The Morgan fingerprint density at radius 2 is 1.79 bits per heavy atom. The molecule has 0 heterocycles. The number of hydrogen-bond donors (Lipinski definition) is 2. The largest absolute Gasteiger partial charge is 0.395 e. The first-order valence-electron chi connectivity index (χ1n) is 7.02. The molecule has 1 unspecified atom stereocenters. The molecule has 2 amide bonds. The predicted molar refractivity (Wildman–Crippen MR) is 75.6 cm³/mol. The number of carbonyl (C=O) groups excluding carboxylic acids is 2. The lowest BCUT2D eigenvalue weighted by Gasteiger charge is -2.28. The molecule has 0 aliphatic carbocycles. The van der Waals surface area contributed by atoms with Crippen molar-refractivity contribution < 1.29 is 14.7 Å². The van der Waals surface area contributed by atoms with E-state index in [1.165, 1.54) is 0 Å². The fourth-order valence-corrected chi connectivity index (χ4v) is 1.86. The van der Waals surface area contributed by atoms with Crippen molar-refractivity contribution in [2.75, 3.05) is 19.7 Å². The highest BCUT2D eigenvalue weighted by molar-refractivity contribution is 5.87.